The van der Waals surface area contributed by atoms with Gasteiger partial charge in [0.05, 0.1) is 5.41 Å². The van der Waals surface area contributed by atoms with E-state index in [0.717, 1.165) is 11.1 Å². The van der Waals surface area contributed by atoms with Crippen molar-refractivity contribution < 1.29 is 9.59 Å². The maximum Gasteiger partial charge on any atom is 0.150 e. The summed E-state index contributed by atoms with van der Waals surface area (Å²) in [5.41, 5.74) is 0.868. The molecule has 0 N–H and O–H groups in total. The molecule has 3 aliphatic rings. The number of allylic oxidation sites excluding steroid dienone is 2. The molecule has 0 unspecified atom stereocenters. The lowest BCUT2D eigenvalue weighted by atomic mass is 9.50. The molecular weight excluding hydrogens is 236 g/mol. The van der Waals surface area contributed by atoms with Gasteiger partial charge in [0.1, 0.15) is 11.6 Å². The van der Waals surface area contributed by atoms with Crippen LogP contribution in [0.5, 0.6) is 0 Å². The van der Waals surface area contributed by atoms with Gasteiger partial charge in [-0.1, -0.05) is 50.3 Å². The Morgan fingerprint density at radius 3 is 2.32 bits per heavy atom. The second-order valence-corrected chi connectivity index (χ2v) is 6.45. The first-order valence-corrected chi connectivity index (χ1v) is 6.73. The molecule has 1 saturated carbocycles. The number of Topliss-reactive ketones (excluding diaryl/α,β-unsaturated/α-hetero) is 2. The van der Waals surface area contributed by atoms with Crippen molar-refractivity contribution in [3.63, 3.8) is 0 Å². The van der Waals surface area contributed by atoms with Gasteiger partial charge in [-0.2, -0.15) is 0 Å². The molecule has 19 heavy (non-hydrogen) atoms. The van der Waals surface area contributed by atoms with Crippen LogP contribution in [0.3, 0.4) is 0 Å². The SMILES string of the molecule is CC1(C)C(=O)[C@@]2(C)CC(=O)[C@@H]1C=C2c1ccccc1. The molecule has 2 nitrogen and oxygen atoms in total. The second-order valence-electron chi connectivity index (χ2n) is 6.45. The summed E-state index contributed by atoms with van der Waals surface area (Å²) in [5.74, 6) is 0.134. The van der Waals surface area contributed by atoms with Gasteiger partial charge >= 0.3 is 0 Å². The van der Waals surface area contributed by atoms with E-state index in [-0.39, 0.29) is 17.5 Å². The molecule has 0 spiro atoms. The van der Waals surface area contributed by atoms with Crippen molar-refractivity contribution in [3.05, 3.63) is 42.0 Å². The van der Waals surface area contributed by atoms with E-state index < -0.39 is 10.8 Å². The lowest BCUT2D eigenvalue weighted by Gasteiger charge is -2.50. The van der Waals surface area contributed by atoms with E-state index in [9.17, 15) is 9.59 Å². The summed E-state index contributed by atoms with van der Waals surface area (Å²) in [6.45, 7) is 5.71. The standard InChI is InChI=1S/C17H18O2/c1-16(2)13-9-12(11-7-5-4-6-8-11)17(3,15(16)19)10-14(13)18/h4-9,13H,10H2,1-3H3/t13-,17-/m0/s1. The van der Waals surface area contributed by atoms with Crippen LogP contribution >= 0.6 is 0 Å². The van der Waals surface area contributed by atoms with Gasteiger partial charge < -0.3 is 0 Å². The van der Waals surface area contributed by atoms with Gasteiger partial charge in [-0.3, -0.25) is 9.59 Å². The van der Waals surface area contributed by atoms with Gasteiger partial charge in [-0.15, -0.1) is 0 Å². The summed E-state index contributed by atoms with van der Waals surface area (Å²) in [6.07, 6.45) is 2.38. The maximum atomic E-state index is 12.8. The Morgan fingerprint density at radius 1 is 1.05 bits per heavy atom. The first kappa shape index (κ1) is 12.3. The van der Waals surface area contributed by atoms with Crippen molar-refractivity contribution in [2.24, 2.45) is 16.7 Å². The molecule has 0 saturated heterocycles. The van der Waals surface area contributed by atoms with Crippen molar-refractivity contribution in [2.45, 2.75) is 27.2 Å². The molecule has 0 aromatic heterocycles. The van der Waals surface area contributed by atoms with Crippen molar-refractivity contribution in [3.8, 4) is 0 Å². The molecule has 0 amide bonds. The van der Waals surface area contributed by atoms with E-state index in [1.807, 2.05) is 57.2 Å². The smallest absolute Gasteiger partial charge is 0.150 e. The third kappa shape index (κ3) is 1.49. The summed E-state index contributed by atoms with van der Waals surface area (Å²) < 4.78 is 0. The summed E-state index contributed by atoms with van der Waals surface area (Å²) in [4.78, 5) is 25.0. The van der Waals surface area contributed by atoms with Gasteiger partial charge in [0.15, 0.2) is 0 Å². The fraction of sp³-hybridized carbons (Fsp3) is 0.412. The average Bonchev–Trinajstić information content (AvgIpc) is 2.37. The number of rotatable bonds is 1. The minimum Gasteiger partial charge on any atom is -0.299 e. The highest BCUT2D eigenvalue weighted by atomic mass is 16.1. The van der Waals surface area contributed by atoms with Crippen LogP contribution < -0.4 is 0 Å². The van der Waals surface area contributed by atoms with Gasteiger partial charge in [-0.25, -0.2) is 0 Å². The quantitative estimate of drug-likeness (QED) is 0.770. The summed E-state index contributed by atoms with van der Waals surface area (Å²) in [6, 6.07) is 9.94. The lowest BCUT2D eigenvalue weighted by Crippen LogP contribution is -2.55. The molecule has 1 aromatic rings. The summed E-state index contributed by atoms with van der Waals surface area (Å²) >= 11 is 0. The molecule has 2 bridgehead atoms. The number of hydrogen-bond donors (Lipinski definition) is 0. The second kappa shape index (κ2) is 3.66. The first-order chi connectivity index (χ1) is 8.87. The van der Waals surface area contributed by atoms with Crippen LogP contribution in [0.25, 0.3) is 5.57 Å². The fourth-order valence-corrected chi connectivity index (χ4v) is 3.70. The van der Waals surface area contributed by atoms with Crippen LogP contribution in [0, 0.1) is 16.7 Å². The highest BCUT2D eigenvalue weighted by Crippen LogP contribution is 2.56. The fourth-order valence-electron chi connectivity index (χ4n) is 3.70. The molecular formula is C17H18O2. The van der Waals surface area contributed by atoms with Crippen molar-refractivity contribution in [1.29, 1.82) is 0 Å². The lowest BCUT2D eigenvalue weighted by molar-refractivity contribution is -0.150. The van der Waals surface area contributed by atoms with Crippen LogP contribution in [0.2, 0.25) is 0 Å². The van der Waals surface area contributed by atoms with Crippen LogP contribution in [-0.4, -0.2) is 11.6 Å². The van der Waals surface area contributed by atoms with Gasteiger partial charge in [0.2, 0.25) is 0 Å². The van der Waals surface area contributed by atoms with E-state index in [1.165, 1.54) is 0 Å². The maximum absolute atomic E-state index is 12.8. The first-order valence-electron chi connectivity index (χ1n) is 6.73. The summed E-state index contributed by atoms with van der Waals surface area (Å²) in [7, 11) is 0. The topological polar surface area (TPSA) is 34.1 Å². The number of carbonyl (C=O) groups excluding carboxylic acids is 2. The summed E-state index contributed by atoms with van der Waals surface area (Å²) in [5, 5.41) is 0. The molecule has 2 heteroatoms. The zero-order chi connectivity index (χ0) is 13.8. The van der Waals surface area contributed by atoms with Gasteiger partial charge in [0, 0.05) is 17.8 Å². The molecule has 3 aliphatic carbocycles. The minimum atomic E-state index is -0.656. The largest absolute Gasteiger partial charge is 0.299 e. The van der Waals surface area contributed by atoms with Gasteiger partial charge in [-0.05, 0) is 18.1 Å². The van der Waals surface area contributed by atoms with Crippen molar-refractivity contribution in [1.82, 2.24) is 0 Å². The van der Waals surface area contributed by atoms with E-state index in [4.69, 9.17) is 0 Å². The number of hydrogen-bond acceptors (Lipinski definition) is 2. The van der Waals surface area contributed by atoms with Crippen molar-refractivity contribution >= 4 is 17.1 Å². The Balaban J connectivity index is 2.22. The molecule has 0 aliphatic heterocycles. The third-order valence-electron chi connectivity index (χ3n) is 4.75. The molecule has 98 valence electrons. The third-order valence-corrected chi connectivity index (χ3v) is 4.75. The molecule has 1 fully saturated rings. The Kier molecular flexibility index (Phi) is 2.38. The molecule has 0 heterocycles. The Labute approximate surface area is 113 Å². The van der Waals surface area contributed by atoms with E-state index >= 15 is 0 Å². The number of carbonyl (C=O) groups is 2. The number of fused-ring (bicyclic) bond motifs is 2. The minimum absolute atomic E-state index is 0.200. The molecule has 4 rings (SSSR count). The van der Waals surface area contributed by atoms with E-state index in [1.54, 1.807) is 0 Å². The molecule has 2 atom stereocenters. The number of benzene rings is 1. The van der Waals surface area contributed by atoms with Crippen molar-refractivity contribution in [2.75, 3.05) is 0 Å². The normalized spacial score (nSPS) is 32.4. The predicted octanol–water partition coefficient (Wildman–Crippen LogP) is 3.27. The molecule has 1 aromatic carbocycles. The highest BCUT2D eigenvalue weighted by molar-refractivity contribution is 6.13. The number of ketones is 2. The predicted molar refractivity (Wildman–Crippen MR) is 74.4 cm³/mol. The zero-order valence-electron chi connectivity index (χ0n) is 11.6. The van der Waals surface area contributed by atoms with Crippen LogP contribution in [0.4, 0.5) is 0 Å². The van der Waals surface area contributed by atoms with Gasteiger partial charge in [0.25, 0.3) is 0 Å². The van der Waals surface area contributed by atoms with Crippen LogP contribution in [-0.2, 0) is 9.59 Å². The Bertz CT molecular complexity index is 595. The van der Waals surface area contributed by atoms with Crippen LogP contribution in [0.15, 0.2) is 36.4 Å². The Hall–Kier alpha value is -1.70. The van der Waals surface area contributed by atoms with E-state index in [2.05, 4.69) is 0 Å². The monoisotopic (exact) mass is 254 g/mol. The van der Waals surface area contributed by atoms with E-state index in [0.29, 0.717) is 6.42 Å². The zero-order valence-corrected chi connectivity index (χ0v) is 11.6. The average molecular weight is 254 g/mol. The van der Waals surface area contributed by atoms with Crippen LogP contribution in [0.1, 0.15) is 32.8 Å². The Morgan fingerprint density at radius 2 is 1.68 bits per heavy atom. The molecule has 0 radical (unpaired) electrons. The highest BCUT2D eigenvalue weighted by Gasteiger charge is 2.59.